The van der Waals surface area contributed by atoms with E-state index in [1.54, 1.807) is 6.07 Å². The van der Waals surface area contributed by atoms with Crippen molar-refractivity contribution in [2.24, 2.45) is 17.8 Å². The van der Waals surface area contributed by atoms with E-state index in [0.29, 0.717) is 23.1 Å². The minimum absolute atomic E-state index is 0.0551. The zero-order valence-electron chi connectivity index (χ0n) is 13.8. The van der Waals surface area contributed by atoms with Gasteiger partial charge < -0.3 is 15.5 Å². The third-order valence-electron chi connectivity index (χ3n) is 4.89. The first-order valence-electron chi connectivity index (χ1n) is 8.43. The van der Waals surface area contributed by atoms with E-state index in [1.165, 1.54) is 0 Å². The SMILES string of the molecule is CNCC1CCN(C(=O)c2cccc(NC(=O)C3CC3C)c2)C1. The van der Waals surface area contributed by atoms with Gasteiger partial charge in [-0.05, 0) is 56.5 Å². The molecule has 1 aromatic rings. The van der Waals surface area contributed by atoms with Gasteiger partial charge in [-0.1, -0.05) is 13.0 Å². The monoisotopic (exact) mass is 315 g/mol. The van der Waals surface area contributed by atoms with E-state index in [9.17, 15) is 9.59 Å². The molecule has 1 saturated carbocycles. The van der Waals surface area contributed by atoms with Crippen molar-refractivity contribution in [1.29, 1.82) is 0 Å². The molecule has 1 aliphatic carbocycles. The third kappa shape index (κ3) is 3.72. The van der Waals surface area contributed by atoms with Crippen molar-refractivity contribution >= 4 is 17.5 Å². The molecule has 3 rings (SSSR count). The van der Waals surface area contributed by atoms with E-state index in [0.717, 1.165) is 32.5 Å². The van der Waals surface area contributed by atoms with Crippen LogP contribution in [0.4, 0.5) is 5.69 Å². The van der Waals surface area contributed by atoms with Gasteiger partial charge in [-0.15, -0.1) is 0 Å². The first kappa shape index (κ1) is 16.0. The first-order chi connectivity index (χ1) is 11.1. The number of likely N-dealkylation sites (tertiary alicyclic amines) is 1. The maximum atomic E-state index is 12.6. The highest BCUT2D eigenvalue weighted by atomic mass is 16.2. The molecular weight excluding hydrogens is 290 g/mol. The van der Waals surface area contributed by atoms with E-state index in [-0.39, 0.29) is 17.7 Å². The summed E-state index contributed by atoms with van der Waals surface area (Å²) in [4.78, 5) is 26.6. The van der Waals surface area contributed by atoms with Crippen LogP contribution in [0.5, 0.6) is 0 Å². The van der Waals surface area contributed by atoms with Gasteiger partial charge in [-0.25, -0.2) is 0 Å². The number of anilines is 1. The fourth-order valence-electron chi connectivity index (χ4n) is 3.31. The molecule has 2 amide bonds. The Bertz CT molecular complexity index is 602. The fourth-order valence-corrected chi connectivity index (χ4v) is 3.31. The van der Waals surface area contributed by atoms with Crippen molar-refractivity contribution in [1.82, 2.24) is 10.2 Å². The lowest BCUT2D eigenvalue weighted by atomic mass is 10.1. The highest BCUT2D eigenvalue weighted by molar-refractivity contribution is 5.98. The Morgan fingerprint density at radius 2 is 2.13 bits per heavy atom. The fraction of sp³-hybridized carbons (Fsp3) is 0.556. The molecule has 0 bridgehead atoms. The Hall–Kier alpha value is -1.88. The van der Waals surface area contributed by atoms with Crippen molar-refractivity contribution in [3.05, 3.63) is 29.8 Å². The van der Waals surface area contributed by atoms with Crippen LogP contribution in [0.3, 0.4) is 0 Å². The summed E-state index contributed by atoms with van der Waals surface area (Å²) >= 11 is 0. The highest BCUT2D eigenvalue weighted by Gasteiger charge is 2.39. The quantitative estimate of drug-likeness (QED) is 0.873. The molecule has 2 N–H and O–H groups in total. The lowest BCUT2D eigenvalue weighted by molar-refractivity contribution is -0.117. The molecule has 1 saturated heterocycles. The Morgan fingerprint density at radius 1 is 1.35 bits per heavy atom. The van der Waals surface area contributed by atoms with Gasteiger partial charge in [0.1, 0.15) is 0 Å². The second kappa shape index (κ2) is 6.71. The van der Waals surface area contributed by atoms with Crippen molar-refractivity contribution in [3.63, 3.8) is 0 Å². The van der Waals surface area contributed by atoms with Crippen LogP contribution in [0.2, 0.25) is 0 Å². The number of amides is 2. The van der Waals surface area contributed by atoms with Gasteiger partial charge in [-0.3, -0.25) is 9.59 Å². The second-order valence-corrected chi connectivity index (χ2v) is 6.85. The molecule has 5 heteroatoms. The average Bonchev–Trinajstić information content (AvgIpc) is 3.09. The number of rotatable bonds is 5. The second-order valence-electron chi connectivity index (χ2n) is 6.85. The molecule has 3 unspecified atom stereocenters. The maximum absolute atomic E-state index is 12.6. The molecule has 1 aromatic carbocycles. The molecule has 5 nitrogen and oxygen atoms in total. The van der Waals surface area contributed by atoms with E-state index < -0.39 is 0 Å². The zero-order valence-corrected chi connectivity index (χ0v) is 13.8. The first-order valence-corrected chi connectivity index (χ1v) is 8.43. The van der Waals surface area contributed by atoms with Gasteiger partial charge in [0.05, 0.1) is 0 Å². The van der Waals surface area contributed by atoms with Crippen LogP contribution in [0, 0.1) is 17.8 Å². The Kier molecular flexibility index (Phi) is 4.66. The molecule has 124 valence electrons. The molecule has 23 heavy (non-hydrogen) atoms. The van der Waals surface area contributed by atoms with Crippen molar-refractivity contribution in [3.8, 4) is 0 Å². The Balaban J connectivity index is 1.62. The summed E-state index contributed by atoms with van der Waals surface area (Å²) in [5.41, 5.74) is 1.36. The van der Waals surface area contributed by atoms with Crippen molar-refractivity contribution < 1.29 is 9.59 Å². The van der Waals surface area contributed by atoms with Crippen LogP contribution < -0.4 is 10.6 Å². The van der Waals surface area contributed by atoms with Crippen LogP contribution in [0.1, 0.15) is 30.1 Å². The number of carbonyl (C=O) groups excluding carboxylic acids is 2. The maximum Gasteiger partial charge on any atom is 0.253 e. The van der Waals surface area contributed by atoms with E-state index in [4.69, 9.17) is 0 Å². The Morgan fingerprint density at radius 3 is 2.83 bits per heavy atom. The summed E-state index contributed by atoms with van der Waals surface area (Å²) in [6, 6.07) is 7.29. The molecule has 0 spiro atoms. The van der Waals surface area contributed by atoms with Gasteiger partial charge in [-0.2, -0.15) is 0 Å². The van der Waals surface area contributed by atoms with Crippen molar-refractivity contribution in [2.45, 2.75) is 19.8 Å². The molecule has 2 aliphatic rings. The molecule has 0 radical (unpaired) electrons. The number of hydrogen-bond acceptors (Lipinski definition) is 3. The number of carbonyl (C=O) groups is 2. The average molecular weight is 315 g/mol. The number of nitrogens with zero attached hydrogens (tertiary/aromatic N) is 1. The van der Waals surface area contributed by atoms with Gasteiger partial charge in [0, 0.05) is 30.3 Å². The zero-order chi connectivity index (χ0) is 16.4. The summed E-state index contributed by atoms with van der Waals surface area (Å²) in [5, 5.41) is 6.10. The van der Waals surface area contributed by atoms with E-state index in [1.807, 2.05) is 30.1 Å². The van der Waals surface area contributed by atoms with Crippen LogP contribution in [-0.2, 0) is 4.79 Å². The van der Waals surface area contributed by atoms with Gasteiger partial charge in [0.15, 0.2) is 0 Å². The number of hydrogen-bond donors (Lipinski definition) is 2. The third-order valence-corrected chi connectivity index (χ3v) is 4.89. The van der Waals surface area contributed by atoms with E-state index in [2.05, 4.69) is 17.6 Å². The predicted molar refractivity (Wildman–Crippen MR) is 90.3 cm³/mol. The van der Waals surface area contributed by atoms with Gasteiger partial charge in [0.2, 0.25) is 5.91 Å². The largest absolute Gasteiger partial charge is 0.338 e. The van der Waals surface area contributed by atoms with Crippen LogP contribution >= 0.6 is 0 Å². The molecule has 3 atom stereocenters. The lowest BCUT2D eigenvalue weighted by Gasteiger charge is -2.17. The minimum Gasteiger partial charge on any atom is -0.338 e. The summed E-state index contributed by atoms with van der Waals surface area (Å²) in [6.07, 6.45) is 2.01. The smallest absolute Gasteiger partial charge is 0.253 e. The van der Waals surface area contributed by atoms with Crippen LogP contribution in [0.25, 0.3) is 0 Å². The van der Waals surface area contributed by atoms with E-state index >= 15 is 0 Å². The standard InChI is InChI=1S/C18H25N3O2/c1-12-8-16(12)17(22)20-15-5-3-4-14(9-15)18(23)21-7-6-13(11-21)10-19-2/h3-5,9,12-13,16,19H,6-8,10-11H2,1-2H3,(H,20,22). The normalized spacial score (nSPS) is 26.2. The van der Waals surface area contributed by atoms with Crippen LogP contribution in [0.15, 0.2) is 24.3 Å². The summed E-state index contributed by atoms with van der Waals surface area (Å²) < 4.78 is 0. The highest BCUT2D eigenvalue weighted by Crippen LogP contribution is 2.38. The molecule has 1 heterocycles. The van der Waals surface area contributed by atoms with Gasteiger partial charge >= 0.3 is 0 Å². The summed E-state index contributed by atoms with van der Waals surface area (Å²) in [5.74, 6) is 1.27. The molecule has 0 aromatic heterocycles. The topological polar surface area (TPSA) is 61.4 Å². The molecular formula is C18H25N3O2. The van der Waals surface area contributed by atoms with Crippen molar-refractivity contribution in [2.75, 3.05) is 32.0 Å². The lowest BCUT2D eigenvalue weighted by Crippen LogP contribution is -2.30. The number of benzene rings is 1. The molecule has 1 aliphatic heterocycles. The predicted octanol–water partition coefficient (Wildman–Crippen LogP) is 1.96. The van der Waals surface area contributed by atoms with Crippen LogP contribution in [-0.4, -0.2) is 43.4 Å². The summed E-state index contributed by atoms with van der Waals surface area (Å²) in [6.45, 7) is 4.63. The Labute approximate surface area is 137 Å². The number of nitrogens with one attached hydrogen (secondary N) is 2. The minimum atomic E-state index is 0.0551. The molecule has 2 fully saturated rings. The van der Waals surface area contributed by atoms with Gasteiger partial charge in [0.25, 0.3) is 5.91 Å². The summed E-state index contributed by atoms with van der Waals surface area (Å²) in [7, 11) is 1.94.